The van der Waals surface area contributed by atoms with E-state index in [4.69, 9.17) is 14.2 Å². The highest BCUT2D eigenvalue weighted by Gasteiger charge is 2.23. The Bertz CT molecular complexity index is 1660. The van der Waals surface area contributed by atoms with Crippen molar-refractivity contribution < 1.29 is 19.0 Å². The van der Waals surface area contributed by atoms with Crippen LogP contribution in [0.25, 0.3) is 20.7 Å². The number of pyridine rings is 1. The summed E-state index contributed by atoms with van der Waals surface area (Å²) in [6.45, 7) is 3.33. The van der Waals surface area contributed by atoms with Crippen LogP contribution in [-0.2, 0) is 24.4 Å². The quantitative estimate of drug-likeness (QED) is 0.196. The number of carbonyl (C=O) groups is 1. The molecule has 7 nitrogen and oxygen atoms in total. The number of aromatic nitrogens is 1. The van der Waals surface area contributed by atoms with E-state index < -0.39 is 6.16 Å². The van der Waals surface area contributed by atoms with Gasteiger partial charge in [0.15, 0.2) is 5.75 Å². The lowest BCUT2D eigenvalue weighted by Crippen LogP contribution is -2.20. The van der Waals surface area contributed by atoms with E-state index in [9.17, 15) is 9.59 Å². The zero-order valence-electron chi connectivity index (χ0n) is 22.4. The van der Waals surface area contributed by atoms with E-state index in [0.717, 1.165) is 37.7 Å². The number of hydrogen-bond donors (Lipinski definition) is 1. The number of thiophene rings is 1. The molecule has 0 saturated carbocycles. The minimum Gasteiger partial charge on any atom is -0.496 e. The molecule has 3 aromatic carbocycles. The zero-order chi connectivity index (χ0) is 27.9. The fourth-order valence-electron chi connectivity index (χ4n) is 4.63. The molecule has 40 heavy (non-hydrogen) atoms. The van der Waals surface area contributed by atoms with Gasteiger partial charge in [-0.25, -0.2) is 4.79 Å². The first kappa shape index (κ1) is 27.2. The van der Waals surface area contributed by atoms with Crippen LogP contribution >= 0.6 is 11.3 Å². The van der Waals surface area contributed by atoms with Gasteiger partial charge in [-0.05, 0) is 29.7 Å². The van der Waals surface area contributed by atoms with Crippen LogP contribution < -0.4 is 20.2 Å². The Morgan fingerprint density at radius 1 is 0.900 bits per heavy atom. The summed E-state index contributed by atoms with van der Waals surface area (Å²) in [7, 11) is 1.63. The molecule has 8 heteroatoms. The van der Waals surface area contributed by atoms with E-state index in [2.05, 4.69) is 17.4 Å². The van der Waals surface area contributed by atoms with Gasteiger partial charge in [-0.15, -0.1) is 11.3 Å². The average molecular weight is 555 g/mol. The first-order chi connectivity index (χ1) is 19.6. The normalized spacial score (nSPS) is 10.9. The van der Waals surface area contributed by atoms with Crippen molar-refractivity contribution in [2.24, 2.45) is 0 Å². The molecule has 0 aliphatic carbocycles. The highest BCUT2D eigenvalue weighted by Crippen LogP contribution is 2.39. The number of ether oxygens (including phenoxy) is 3. The Hall–Kier alpha value is -4.40. The number of carbonyl (C=O) groups excluding carboxylic acids is 1. The Morgan fingerprint density at radius 2 is 1.60 bits per heavy atom. The Morgan fingerprint density at radius 3 is 2.33 bits per heavy atom. The van der Waals surface area contributed by atoms with Crippen LogP contribution in [-0.4, -0.2) is 24.4 Å². The van der Waals surface area contributed by atoms with Crippen molar-refractivity contribution in [3.05, 3.63) is 118 Å². The largest absolute Gasteiger partial charge is 0.514 e. The van der Waals surface area contributed by atoms with E-state index in [-0.39, 0.29) is 17.8 Å². The van der Waals surface area contributed by atoms with Crippen molar-refractivity contribution in [3.63, 3.8) is 0 Å². The van der Waals surface area contributed by atoms with Crippen LogP contribution in [0.15, 0.2) is 95.9 Å². The predicted molar refractivity (Wildman–Crippen MR) is 158 cm³/mol. The highest BCUT2D eigenvalue weighted by molar-refractivity contribution is 7.22. The Labute approximate surface area is 236 Å². The molecule has 0 aliphatic rings. The molecule has 2 aromatic heterocycles. The van der Waals surface area contributed by atoms with Crippen LogP contribution in [0.4, 0.5) is 4.79 Å². The summed E-state index contributed by atoms with van der Waals surface area (Å²) in [5.74, 6) is 0.648. The summed E-state index contributed by atoms with van der Waals surface area (Å²) in [6, 6.07) is 27.8. The number of nitrogens with zero attached hydrogens (tertiary/aromatic N) is 1. The fourth-order valence-corrected chi connectivity index (χ4v) is 5.93. The summed E-state index contributed by atoms with van der Waals surface area (Å²) in [5.41, 5.74) is 3.58. The zero-order valence-corrected chi connectivity index (χ0v) is 23.2. The number of para-hydroxylation sites is 1. The van der Waals surface area contributed by atoms with Gasteiger partial charge in [-0.3, -0.25) is 4.79 Å². The van der Waals surface area contributed by atoms with Gasteiger partial charge >= 0.3 is 6.16 Å². The minimum absolute atomic E-state index is 0.0810. The van der Waals surface area contributed by atoms with E-state index in [0.29, 0.717) is 25.0 Å². The molecule has 0 aliphatic heterocycles. The second-order valence-electron chi connectivity index (χ2n) is 9.09. The van der Waals surface area contributed by atoms with Gasteiger partial charge in [0.05, 0.1) is 31.8 Å². The summed E-state index contributed by atoms with van der Waals surface area (Å²) >= 11 is 1.55. The lowest BCUT2D eigenvalue weighted by molar-refractivity contribution is 0.104. The van der Waals surface area contributed by atoms with E-state index in [1.807, 2.05) is 77.4 Å². The molecule has 0 unspecified atom stereocenters. The minimum atomic E-state index is -0.912. The van der Waals surface area contributed by atoms with Gasteiger partial charge in [0, 0.05) is 23.5 Å². The molecule has 1 N–H and O–H groups in total. The van der Waals surface area contributed by atoms with Crippen molar-refractivity contribution in [2.75, 3.05) is 13.7 Å². The van der Waals surface area contributed by atoms with Gasteiger partial charge in [0.1, 0.15) is 10.6 Å². The second kappa shape index (κ2) is 12.6. The number of hydrogen-bond acceptors (Lipinski definition) is 7. The maximum atomic E-state index is 13.9. The van der Waals surface area contributed by atoms with Crippen LogP contribution in [0.1, 0.15) is 23.6 Å². The second-order valence-corrected chi connectivity index (χ2v) is 10.1. The maximum Gasteiger partial charge on any atom is 0.514 e. The van der Waals surface area contributed by atoms with Crippen LogP contribution in [0.5, 0.6) is 11.5 Å². The molecule has 5 aromatic rings. The number of fused-ring (bicyclic) bond motifs is 1. The van der Waals surface area contributed by atoms with Crippen molar-refractivity contribution in [1.82, 2.24) is 9.88 Å². The summed E-state index contributed by atoms with van der Waals surface area (Å²) in [5, 5.41) is 4.02. The third kappa shape index (κ3) is 5.93. The smallest absolute Gasteiger partial charge is 0.496 e. The molecule has 0 saturated heterocycles. The molecule has 0 atom stereocenters. The SMILES string of the molecule is CCOC(=O)Oc1cn(Cc2ccccc2OC)c2sc(-c3ccccc3)c(CNCc3ccccc3)c2c1=O. The van der Waals surface area contributed by atoms with Crippen LogP contribution in [0.3, 0.4) is 0 Å². The number of methoxy groups -OCH3 is 1. The van der Waals surface area contributed by atoms with E-state index >= 15 is 0 Å². The molecular formula is C32H30N2O5S. The van der Waals surface area contributed by atoms with E-state index in [1.54, 1.807) is 31.6 Å². The molecule has 2 heterocycles. The number of benzene rings is 3. The van der Waals surface area contributed by atoms with Crippen molar-refractivity contribution in [3.8, 4) is 21.9 Å². The van der Waals surface area contributed by atoms with Gasteiger partial charge in [-0.1, -0.05) is 78.9 Å². The molecule has 5 rings (SSSR count). The third-order valence-electron chi connectivity index (χ3n) is 6.47. The van der Waals surface area contributed by atoms with Gasteiger partial charge < -0.3 is 24.1 Å². The molecule has 0 bridgehead atoms. The van der Waals surface area contributed by atoms with Gasteiger partial charge in [-0.2, -0.15) is 0 Å². The topological polar surface area (TPSA) is 78.8 Å². The summed E-state index contributed by atoms with van der Waals surface area (Å²) < 4.78 is 17.9. The van der Waals surface area contributed by atoms with Crippen LogP contribution in [0, 0.1) is 0 Å². The molecular weight excluding hydrogens is 524 g/mol. The average Bonchev–Trinajstić information content (AvgIpc) is 3.37. The predicted octanol–water partition coefficient (Wildman–Crippen LogP) is 6.61. The lowest BCUT2D eigenvalue weighted by Gasteiger charge is -2.14. The standard InChI is InChI=1S/C32H30N2O5S/c1-3-38-32(36)39-27-21-34(20-24-16-10-11-17-26(24)37-2)31-28(29(27)35)25(19-33-18-22-12-6-4-7-13-22)30(40-31)23-14-8-5-9-15-23/h4-17,21,33H,3,18-20H2,1-2H3. The third-order valence-corrected chi connectivity index (χ3v) is 7.79. The van der Waals surface area contributed by atoms with Crippen molar-refractivity contribution in [1.29, 1.82) is 0 Å². The van der Waals surface area contributed by atoms with E-state index in [1.165, 1.54) is 0 Å². The lowest BCUT2D eigenvalue weighted by atomic mass is 10.1. The molecule has 204 valence electrons. The Kier molecular flexibility index (Phi) is 8.59. The summed E-state index contributed by atoms with van der Waals surface area (Å²) in [6.07, 6.45) is 0.672. The molecule has 0 fully saturated rings. The first-order valence-electron chi connectivity index (χ1n) is 13.0. The van der Waals surface area contributed by atoms with Crippen LogP contribution in [0.2, 0.25) is 0 Å². The molecule has 0 radical (unpaired) electrons. The van der Waals surface area contributed by atoms with Crippen molar-refractivity contribution in [2.45, 2.75) is 26.6 Å². The number of rotatable bonds is 10. The van der Waals surface area contributed by atoms with Gasteiger partial charge in [0.2, 0.25) is 5.43 Å². The molecule has 0 amide bonds. The Balaban J connectivity index is 1.67. The monoisotopic (exact) mass is 554 g/mol. The fraction of sp³-hybridized carbons (Fsp3) is 0.188. The first-order valence-corrected chi connectivity index (χ1v) is 13.9. The van der Waals surface area contributed by atoms with Crippen molar-refractivity contribution >= 4 is 27.7 Å². The molecule has 0 spiro atoms. The van der Waals surface area contributed by atoms with Gasteiger partial charge in [0.25, 0.3) is 0 Å². The summed E-state index contributed by atoms with van der Waals surface area (Å²) in [4.78, 5) is 28.0. The number of nitrogens with one attached hydrogen (secondary N) is 1. The maximum absolute atomic E-state index is 13.9. The highest BCUT2D eigenvalue weighted by atomic mass is 32.1.